The van der Waals surface area contributed by atoms with E-state index in [1.807, 2.05) is 0 Å². The fourth-order valence-corrected chi connectivity index (χ4v) is 3.18. The summed E-state index contributed by atoms with van der Waals surface area (Å²) in [6.45, 7) is 2.30. The Morgan fingerprint density at radius 2 is 2.15 bits per heavy atom. The number of hydrogen-bond donors (Lipinski definition) is 0. The molecule has 1 heterocycles. The number of carbonyl (C=O) groups is 1. The Balaban J connectivity index is 1.86. The lowest BCUT2D eigenvalue weighted by Crippen LogP contribution is -2.23. The summed E-state index contributed by atoms with van der Waals surface area (Å²) in [5.41, 5.74) is 0.709. The van der Waals surface area contributed by atoms with Crippen LogP contribution in [0.3, 0.4) is 0 Å². The Hall–Kier alpha value is -2.02. The van der Waals surface area contributed by atoms with Crippen molar-refractivity contribution in [1.29, 1.82) is 5.26 Å². The minimum atomic E-state index is -0.699. The number of hydrogen-bond acceptors (Lipinski definition) is 4. The summed E-state index contributed by atoms with van der Waals surface area (Å²) in [6.07, 6.45) is 3.06. The third kappa shape index (κ3) is 2.14. The van der Waals surface area contributed by atoms with Crippen molar-refractivity contribution < 1.29 is 14.3 Å². The highest BCUT2D eigenvalue weighted by atomic mass is 16.7. The van der Waals surface area contributed by atoms with Crippen LogP contribution in [0.2, 0.25) is 0 Å². The first-order chi connectivity index (χ1) is 9.70. The lowest BCUT2D eigenvalue weighted by molar-refractivity contribution is -0.124. The van der Waals surface area contributed by atoms with E-state index in [2.05, 4.69) is 13.0 Å². The summed E-state index contributed by atoms with van der Waals surface area (Å²) >= 11 is 0. The molecule has 1 saturated carbocycles. The van der Waals surface area contributed by atoms with Crippen LogP contribution in [0.5, 0.6) is 11.5 Å². The summed E-state index contributed by atoms with van der Waals surface area (Å²) in [6, 6.07) is 7.48. The van der Waals surface area contributed by atoms with Crippen LogP contribution in [0.25, 0.3) is 0 Å². The molecular weight excluding hydrogens is 254 g/mol. The topological polar surface area (TPSA) is 59.3 Å². The molecule has 1 aromatic rings. The summed E-state index contributed by atoms with van der Waals surface area (Å²) < 4.78 is 10.6. The lowest BCUT2D eigenvalue weighted by Gasteiger charge is -2.17. The van der Waals surface area contributed by atoms with E-state index < -0.39 is 5.92 Å². The molecule has 20 heavy (non-hydrogen) atoms. The van der Waals surface area contributed by atoms with Gasteiger partial charge in [0.25, 0.3) is 0 Å². The molecule has 0 amide bonds. The third-order valence-corrected chi connectivity index (χ3v) is 4.37. The van der Waals surface area contributed by atoms with Crippen molar-refractivity contribution in [2.45, 2.75) is 32.1 Å². The first kappa shape index (κ1) is 13.0. The smallest absolute Gasteiger partial charge is 0.231 e. The van der Waals surface area contributed by atoms with Crippen molar-refractivity contribution in [2.75, 3.05) is 6.79 Å². The van der Waals surface area contributed by atoms with Gasteiger partial charge in [-0.1, -0.05) is 19.4 Å². The zero-order chi connectivity index (χ0) is 14.1. The molecular formula is C16H17NO3. The Morgan fingerprint density at radius 3 is 2.85 bits per heavy atom. The molecule has 2 aliphatic rings. The van der Waals surface area contributed by atoms with Crippen LogP contribution in [0.1, 0.15) is 37.7 Å². The van der Waals surface area contributed by atoms with Gasteiger partial charge in [0.1, 0.15) is 5.92 Å². The van der Waals surface area contributed by atoms with E-state index >= 15 is 0 Å². The predicted molar refractivity (Wildman–Crippen MR) is 72.4 cm³/mol. The monoisotopic (exact) mass is 271 g/mol. The van der Waals surface area contributed by atoms with Crippen LogP contribution < -0.4 is 9.47 Å². The van der Waals surface area contributed by atoms with Crippen LogP contribution in [0.15, 0.2) is 18.2 Å². The average Bonchev–Trinajstić information content (AvgIpc) is 3.07. The number of ether oxygens (including phenoxy) is 2. The zero-order valence-corrected chi connectivity index (χ0v) is 11.5. The molecule has 3 rings (SSSR count). The van der Waals surface area contributed by atoms with Gasteiger partial charge >= 0.3 is 0 Å². The van der Waals surface area contributed by atoms with E-state index in [1.54, 1.807) is 18.2 Å². The molecule has 4 nitrogen and oxygen atoms in total. The quantitative estimate of drug-likeness (QED) is 0.847. The first-order valence-corrected chi connectivity index (χ1v) is 7.03. The van der Waals surface area contributed by atoms with E-state index in [-0.39, 0.29) is 18.5 Å². The highest BCUT2D eigenvalue weighted by Crippen LogP contribution is 2.38. The van der Waals surface area contributed by atoms with Gasteiger partial charge in [-0.2, -0.15) is 5.26 Å². The zero-order valence-electron chi connectivity index (χ0n) is 11.5. The number of fused-ring (bicyclic) bond motifs is 1. The Labute approximate surface area is 118 Å². The number of benzene rings is 1. The molecule has 0 saturated heterocycles. The van der Waals surface area contributed by atoms with Gasteiger partial charge < -0.3 is 9.47 Å². The van der Waals surface area contributed by atoms with Crippen molar-refractivity contribution >= 4 is 5.78 Å². The molecule has 0 N–H and O–H groups in total. The van der Waals surface area contributed by atoms with Crippen molar-refractivity contribution in [3.8, 4) is 17.6 Å². The van der Waals surface area contributed by atoms with Gasteiger partial charge in [-0.25, -0.2) is 0 Å². The summed E-state index contributed by atoms with van der Waals surface area (Å²) in [4.78, 5) is 12.6. The standard InChI is InChI=1S/C16H17NO3/c1-10-3-2-4-12(10)16(18)13(8-17)11-5-6-14-15(7-11)20-9-19-14/h5-7,10,12-13H,2-4,9H2,1H3. The third-order valence-electron chi connectivity index (χ3n) is 4.37. The Morgan fingerprint density at radius 1 is 1.35 bits per heavy atom. The predicted octanol–water partition coefficient (Wildman–Crippen LogP) is 3.03. The summed E-state index contributed by atoms with van der Waals surface area (Å²) in [7, 11) is 0. The summed E-state index contributed by atoms with van der Waals surface area (Å²) in [5, 5.41) is 9.40. The number of nitriles is 1. The van der Waals surface area contributed by atoms with E-state index in [9.17, 15) is 10.1 Å². The highest BCUT2D eigenvalue weighted by Gasteiger charge is 2.35. The molecule has 1 aliphatic heterocycles. The van der Waals surface area contributed by atoms with Crippen LogP contribution in [-0.2, 0) is 4.79 Å². The van der Waals surface area contributed by atoms with Crippen LogP contribution in [-0.4, -0.2) is 12.6 Å². The molecule has 0 aromatic heterocycles. The molecule has 3 unspecified atom stereocenters. The molecule has 104 valence electrons. The average molecular weight is 271 g/mol. The number of rotatable bonds is 3. The maximum Gasteiger partial charge on any atom is 0.231 e. The van der Waals surface area contributed by atoms with Crippen LogP contribution in [0, 0.1) is 23.2 Å². The second-order valence-electron chi connectivity index (χ2n) is 5.59. The minimum absolute atomic E-state index is 0.0186. The number of nitrogens with zero attached hydrogens (tertiary/aromatic N) is 1. The van der Waals surface area contributed by atoms with Crippen LogP contribution in [0.4, 0.5) is 0 Å². The van der Waals surface area contributed by atoms with Gasteiger partial charge in [-0.3, -0.25) is 4.79 Å². The Bertz CT molecular complexity index is 576. The van der Waals surface area contributed by atoms with E-state index in [0.717, 1.165) is 19.3 Å². The SMILES string of the molecule is CC1CCCC1C(=O)C(C#N)c1ccc2c(c1)OCO2. The molecule has 0 bridgehead atoms. The largest absolute Gasteiger partial charge is 0.454 e. The van der Waals surface area contributed by atoms with Gasteiger partial charge in [-0.15, -0.1) is 0 Å². The molecule has 1 aromatic carbocycles. The van der Waals surface area contributed by atoms with E-state index in [0.29, 0.717) is 23.0 Å². The second kappa shape index (κ2) is 5.16. The van der Waals surface area contributed by atoms with Crippen LogP contribution >= 0.6 is 0 Å². The van der Waals surface area contributed by atoms with Gasteiger partial charge in [0, 0.05) is 5.92 Å². The lowest BCUT2D eigenvalue weighted by atomic mass is 9.83. The van der Waals surface area contributed by atoms with Crippen molar-refractivity contribution in [3.63, 3.8) is 0 Å². The maximum atomic E-state index is 12.6. The van der Waals surface area contributed by atoms with E-state index in [1.165, 1.54) is 0 Å². The fraction of sp³-hybridized carbons (Fsp3) is 0.500. The molecule has 1 aliphatic carbocycles. The van der Waals surface area contributed by atoms with Gasteiger partial charge in [-0.05, 0) is 36.5 Å². The van der Waals surface area contributed by atoms with Crippen molar-refractivity contribution in [1.82, 2.24) is 0 Å². The Kier molecular flexibility index (Phi) is 3.35. The van der Waals surface area contributed by atoms with E-state index in [4.69, 9.17) is 9.47 Å². The normalized spacial score (nSPS) is 25.2. The number of Topliss-reactive ketones (excluding diaryl/α,β-unsaturated/α-hetero) is 1. The molecule has 3 atom stereocenters. The van der Waals surface area contributed by atoms with Crippen molar-refractivity contribution in [2.24, 2.45) is 11.8 Å². The first-order valence-electron chi connectivity index (χ1n) is 7.03. The minimum Gasteiger partial charge on any atom is -0.454 e. The molecule has 0 spiro atoms. The highest BCUT2D eigenvalue weighted by molar-refractivity contribution is 5.91. The maximum absolute atomic E-state index is 12.6. The number of ketones is 1. The second-order valence-corrected chi connectivity index (χ2v) is 5.59. The molecule has 4 heteroatoms. The fourth-order valence-electron chi connectivity index (χ4n) is 3.18. The molecule has 0 radical (unpaired) electrons. The van der Waals surface area contributed by atoms with Gasteiger partial charge in [0.15, 0.2) is 17.3 Å². The molecule has 1 fully saturated rings. The van der Waals surface area contributed by atoms with Crippen molar-refractivity contribution in [3.05, 3.63) is 23.8 Å². The van der Waals surface area contributed by atoms with Gasteiger partial charge in [0.2, 0.25) is 6.79 Å². The van der Waals surface area contributed by atoms with Gasteiger partial charge in [0.05, 0.1) is 6.07 Å². The number of carbonyl (C=O) groups excluding carboxylic acids is 1. The summed E-state index contributed by atoms with van der Waals surface area (Å²) in [5.74, 6) is 1.05.